The van der Waals surface area contributed by atoms with Crippen molar-refractivity contribution in [2.45, 2.75) is 6.92 Å². The molecule has 0 atom stereocenters. The van der Waals surface area contributed by atoms with E-state index >= 15 is 0 Å². The third-order valence-electron chi connectivity index (χ3n) is 2.63. The van der Waals surface area contributed by atoms with E-state index in [0.717, 1.165) is 11.1 Å². The molecule has 0 heterocycles. The Morgan fingerprint density at radius 1 is 1.12 bits per heavy atom. The van der Waals surface area contributed by atoms with Crippen molar-refractivity contribution in [3.8, 4) is 11.1 Å². The largest absolute Gasteiger partial charge is 0.366 e. The van der Waals surface area contributed by atoms with Crippen molar-refractivity contribution in [3.05, 3.63) is 59.4 Å². The first kappa shape index (κ1) is 11.3. The number of benzene rings is 2. The molecule has 0 unspecified atom stereocenters. The molecule has 0 saturated heterocycles. The fraction of sp³-hybridized carbons (Fsp3) is 0.0714. The first-order valence-electron chi connectivity index (χ1n) is 5.25. The second kappa shape index (κ2) is 4.37. The molecule has 0 aromatic heterocycles. The molecule has 2 nitrogen and oxygen atoms in total. The standard InChI is InChI=1S/C14H12FNO/c1-9-7-11(10-5-3-2-4-6-10)8-12(13(9)15)14(16)17/h2-8H,1H3,(H2,16,17). The van der Waals surface area contributed by atoms with Crippen molar-refractivity contribution in [3.63, 3.8) is 0 Å². The molecule has 0 spiro atoms. The molecule has 0 fully saturated rings. The highest BCUT2D eigenvalue weighted by Crippen LogP contribution is 2.24. The van der Waals surface area contributed by atoms with Gasteiger partial charge >= 0.3 is 0 Å². The molecule has 2 rings (SSSR count). The predicted molar refractivity (Wildman–Crippen MR) is 65.1 cm³/mol. The van der Waals surface area contributed by atoms with Gasteiger partial charge in [0.15, 0.2) is 0 Å². The summed E-state index contributed by atoms with van der Waals surface area (Å²) in [6, 6.07) is 12.7. The second-order valence-electron chi connectivity index (χ2n) is 3.88. The van der Waals surface area contributed by atoms with Gasteiger partial charge in [-0.1, -0.05) is 30.3 Å². The van der Waals surface area contributed by atoms with Crippen molar-refractivity contribution >= 4 is 5.91 Å². The number of hydrogen-bond acceptors (Lipinski definition) is 1. The minimum atomic E-state index is -0.747. The van der Waals surface area contributed by atoms with Gasteiger partial charge in [0, 0.05) is 0 Å². The summed E-state index contributed by atoms with van der Waals surface area (Å²) in [6.45, 7) is 1.62. The molecule has 0 radical (unpaired) electrons. The lowest BCUT2D eigenvalue weighted by molar-refractivity contribution is 0.0996. The van der Waals surface area contributed by atoms with Gasteiger partial charge in [-0.25, -0.2) is 4.39 Å². The highest BCUT2D eigenvalue weighted by molar-refractivity contribution is 5.94. The Balaban J connectivity index is 2.61. The molecule has 0 saturated carbocycles. The zero-order valence-corrected chi connectivity index (χ0v) is 9.41. The van der Waals surface area contributed by atoms with E-state index in [2.05, 4.69) is 0 Å². The molecule has 2 aromatic rings. The first-order valence-corrected chi connectivity index (χ1v) is 5.25. The number of amides is 1. The van der Waals surface area contributed by atoms with Crippen molar-refractivity contribution in [1.29, 1.82) is 0 Å². The van der Waals surface area contributed by atoms with Crippen LogP contribution in [0.25, 0.3) is 11.1 Å². The SMILES string of the molecule is Cc1cc(-c2ccccc2)cc(C(N)=O)c1F. The maximum Gasteiger partial charge on any atom is 0.251 e. The molecule has 3 heteroatoms. The van der Waals surface area contributed by atoms with Crippen LogP contribution in [-0.4, -0.2) is 5.91 Å². The highest BCUT2D eigenvalue weighted by atomic mass is 19.1. The Hall–Kier alpha value is -2.16. The smallest absolute Gasteiger partial charge is 0.251 e. The number of aryl methyl sites for hydroxylation is 1. The predicted octanol–water partition coefficient (Wildman–Crippen LogP) is 2.90. The van der Waals surface area contributed by atoms with Gasteiger partial charge in [-0.2, -0.15) is 0 Å². The zero-order chi connectivity index (χ0) is 12.4. The van der Waals surface area contributed by atoms with Crippen LogP contribution in [0.4, 0.5) is 4.39 Å². The van der Waals surface area contributed by atoms with Crippen LogP contribution in [0.5, 0.6) is 0 Å². The van der Waals surface area contributed by atoms with Crippen LogP contribution >= 0.6 is 0 Å². The number of rotatable bonds is 2. The van der Waals surface area contributed by atoms with Crippen LogP contribution in [0.15, 0.2) is 42.5 Å². The van der Waals surface area contributed by atoms with E-state index in [1.165, 1.54) is 6.07 Å². The fourth-order valence-corrected chi connectivity index (χ4v) is 1.75. The van der Waals surface area contributed by atoms with Gasteiger partial charge < -0.3 is 5.73 Å². The molecule has 2 N–H and O–H groups in total. The zero-order valence-electron chi connectivity index (χ0n) is 9.41. The van der Waals surface area contributed by atoms with Crippen LogP contribution in [0.3, 0.4) is 0 Å². The van der Waals surface area contributed by atoms with Gasteiger partial charge in [-0.15, -0.1) is 0 Å². The summed E-state index contributed by atoms with van der Waals surface area (Å²) in [5, 5.41) is 0. The topological polar surface area (TPSA) is 43.1 Å². The molecule has 1 amide bonds. The number of primary amides is 1. The molecular weight excluding hydrogens is 217 g/mol. The lowest BCUT2D eigenvalue weighted by atomic mass is 9.99. The Kier molecular flexibility index (Phi) is 2.91. The van der Waals surface area contributed by atoms with Crippen molar-refractivity contribution < 1.29 is 9.18 Å². The number of carbonyl (C=O) groups excluding carboxylic acids is 1. The van der Waals surface area contributed by atoms with E-state index in [1.807, 2.05) is 30.3 Å². The summed E-state index contributed by atoms with van der Waals surface area (Å²) in [7, 11) is 0. The third-order valence-corrected chi connectivity index (χ3v) is 2.63. The van der Waals surface area contributed by atoms with Gasteiger partial charge in [0.2, 0.25) is 0 Å². The van der Waals surface area contributed by atoms with E-state index < -0.39 is 11.7 Å². The maximum atomic E-state index is 13.6. The monoisotopic (exact) mass is 229 g/mol. The summed E-state index contributed by atoms with van der Waals surface area (Å²) in [6.07, 6.45) is 0. The minimum absolute atomic E-state index is 0.0659. The second-order valence-corrected chi connectivity index (χ2v) is 3.88. The molecule has 86 valence electrons. The lowest BCUT2D eigenvalue weighted by Crippen LogP contribution is -2.14. The number of halogens is 1. The minimum Gasteiger partial charge on any atom is -0.366 e. The van der Waals surface area contributed by atoms with Crippen LogP contribution in [0, 0.1) is 12.7 Å². The summed E-state index contributed by atoms with van der Waals surface area (Å²) >= 11 is 0. The van der Waals surface area contributed by atoms with Gasteiger partial charge in [0.25, 0.3) is 5.91 Å². The summed E-state index contributed by atoms with van der Waals surface area (Å²) in [4.78, 5) is 11.1. The molecule has 17 heavy (non-hydrogen) atoms. The number of nitrogens with two attached hydrogens (primary N) is 1. The van der Waals surface area contributed by atoms with Crippen molar-refractivity contribution in [1.82, 2.24) is 0 Å². The molecule has 0 aliphatic carbocycles. The van der Waals surface area contributed by atoms with Crippen LogP contribution in [0.1, 0.15) is 15.9 Å². The van der Waals surface area contributed by atoms with Gasteiger partial charge in [0.1, 0.15) is 5.82 Å². The molecule has 0 aliphatic heterocycles. The van der Waals surface area contributed by atoms with E-state index in [1.54, 1.807) is 13.0 Å². The van der Waals surface area contributed by atoms with Crippen LogP contribution < -0.4 is 5.73 Å². The fourth-order valence-electron chi connectivity index (χ4n) is 1.75. The number of carbonyl (C=O) groups is 1. The van der Waals surface area contributed by atoms with Gasteiger partial charge in [0.05, 0.1) is 5.56 Å². The molecular formula is C14H12FNO. The normalized spacial score (nSPS) is 10.2. The highest BCUT2D eigenvalue weighted by Gasteiger charge is 2.12. The van der Waals surface area contributed by atoms with Crippen molar-refractivity contribution in [2.24, 2.45) is 5.73 Å². The van der Waals surface area contributed by atoms with E-state index in [9.17, 15) is 9.18 Å². The average Bonchev–Trinajstić information content (AvgIpc) is 2.33. The van der Waals surface area contributed by atoms with Crippen LogP contribution in [-0.2, 0) is 0 Å². The Morgan fingerprint density at radius 2 is 1.76 bits per heavy atom. The lowest BCUT2D eigenvalue weighted by Gasteiger charge is -2.07. The summed E-state index contributed by atoms with van der Waals surface area (Å²) in [5.41, 5.74) is 7.22. The Labute approximate surface area is 98.9 Å². The molecule has 0 aliphatic rings. The van der Waals surface area contributed by atoms with E-state index in [-0.39, 0.29) is 5.56 Å². The average molecular weight is 229 g/mol. The Morgan fingerprint density at radius 3 is 2.35 bits per heavy atom. The van der Waals surface area contributed by atoms with Gasteiger partial charge in [-0.3, -0.25) is 4.79 Å². The molecule has 2 aromatic carbocycles. The number of hydrogen-bond donors (Lipinski definition) is 1. The third kappa shape index (κ3) is 2.18. The van der Waals surface area contributed by atoms with Crippen molar-refractivity contribution in [2.75, 3.05) is 0 Å². The quantitative estimate of drug-likeness (QED) is 0.845. The van der Waals surface area contributed by atoms with E-state index in [4.69, 9.17) is 5.73 Å². The Bertz CT molecular complexity index is 564. The van der Waals surface area contributed by atoms with Crippen LogP contribution in [0.2, 0.25) is 0 Å². The molecule has 0 bridgehead atoms. The summed E-state index contributed by atoms with van der Waals surface area (Å²) in [5.74, 6) is -1.29. The summed E-state index contributed by atoms with van der Waals surface area (Å²) < 4.78 is 13.6. The van der Waals surface area contributed by atoms with Gasteiger partial charge in [-0.05, 0) is 35.7 Å². The first-order chi connectivity index (χ1) is 8.09. The van der Waals surface area contributed by atoms with E-state index in [0.29, 0.717) is 5.56 Å². The maximum absolute atomic E-state index is 13.6.